The number of benzene rings is 2. The third kappa shape index (κ3) is 5.39. The highest BCUT2D eigenvalue weighted by atomic mass is 19.1. The summed E-state index contributed by atoms with van der Waals surface area (Å²) in [6, 6.07) is 15.9. The van der Waals surface area contributed by atoms with Crippen molar-refractivity contribution in [3.63, 3.8) is 0 Å². The van der Waals surface area contributed by atoms with Crippen LogP contribution in [0.4, 0.5) is 4.39 Å². The van der Waals surface area contributed by atoms with Crippen LogP contribution >= 0.6 is 0 Å². The Labute approximate surface area is 165 Å². The van der Waals surface area contributed by atoms with Gasteiger partial charge in [-0.3, -0.25) is 9.59 Å². The van der Waals surface area contributed by atoms with E-state index >= 15 is 0 Å². The standard InChI is InChI=1S/C22H26FN3O2/c23-20-11-5-4-10-19(20)22(28)26(14-6-9-18-7-2-1-3-8-18)17-21(27)25-15-12-24-13-16-25/h1-5,7-8,10-11,24H,6,9,12-17H2. The maximum Gasteiger partial charge on any atom is 0.257 e. The van der Waals surface area contributed by atoms with Gasteiger partial charge in [-0.25, -0.2) is 4.39 Å². The number of carbonyl (C=O) groups excluding carboxylic acids is 2. The van der Waals surface area contributed by atoms with Gasteiger partial charge < -0.3 is 15.1 Å². The summed E-state index contributed by atoms with van der Waals surface area (Å²) in [5.41, 5.74) is 1.18. The van der Waals surface area contributed by atoms with Crippen molar-refractivity contribution in [1.82, 2.24) is 15.1 Å². The van der Waals surface area contributed by atoms with Crippen LogP contribution < -0.4 is 5.32 Å². The van der Waals surface area contributed by atoms with E-state index in [2.05, 4.69) is 5.32 Å². The van der Waals surface area contributed by atoms with Gasteiger partial charge in [0.15, 0.2) is 0 Å². The maximum atomic E-state index is 14.1. The highest BCUT2D eigenvalue weighted by molar-refractivity contribution is 5.96. The number of hydrogen-bond acceptors (Lipinski definition) is 3. The van der Waals surface area contributed by atoms with Crippen molar-refractivity contribution >= 4 is 11.8 Å². The van der Waals surface area contributed by atoms with Crippen molar-refractivity contribution in [1.29, 1.82) is 0 Å². The Kier molecular flexibility index (Phi) is 7.14. The molecule has 148 valence electrons. The summed E-state index contributed by atoms with van der Waals surface area (Å²) in [6.45, 7) is 3.14. The summed E-state index contributed by atoms with van der Waals surface area (Å²) >= 11 is 0. The van der Waals surface area contributed by atoms with E-state index in [1.807, 2.05) is 30.3 Å². The van der Waals surface area contributed by atoms with Crippen molar-refractivity contribution in [2.75, 3.05) is 39.3 Å². The number of rotatable bonds is 7. The zero-order chi connectivity index (χ0) is 19.8. The van der Waals surface area contributed by atoms with Gasteiger partial charge in [0.1, 0.15) is 12.4 Å². The molecular weight excluding hydrogens is 357 g/mol. The lowest BCUT2D eigenvalue weighted by atomic mass is 10.1. The largest absolute Gasteiger partial charge is 0.339 e. The van der Waals surface area contributed by atoms with Crippen LogP contribution in [0.5, 0.6) is 0 Å². The lowest BCUT2D eigenvalue weighted by Crippen LogP contribution is -2.50. The highest BCUT2D eigenvalue weighted by Gasteiger charge is 2.24. The Morgan fingerprint density at radius 2 is 1.68 bits per heavy atom. The van der Waals surface area contributed by atoms with Crippen LogP contribution in [0.3, 0.4) is 0 Å². The molecule has 1 aliphatic heterocycles. The van der Waals surface area contributed by atoms with Crippen LogP contribution in [-0.4, -0.2) is 60.9 Å². The molecule has 1 heterocycles. The quantitative estimate of drug-likeness (QED) is 0.799. The van der Waals surface area contributed by atoms with Crippen molar-refractivity contribution in [3.8, 4) is 0 Å². The molecule has 0 saturated carbocycles. The minimum Gasteiger partial charge on any atom is -0.339 e. The number of hydrogen-bond donors (Lipinski definition) is 1. The van der Waals surface area contributed by atoms with E-state index < -0.39 is 11.7 Å². The molecule has 0 aliphatic carbocycles. The topological polar surface area (TPSA) is 52.7 Å². The summed E-state index contributed by atoms with van der Waals surface area (Å²) in [4.78, 5) is 28.8. The van der Waals surface area contributed by atoms with Crippen molar-refractivity contribution in [2.45, 2.75) is 12.8 Å². The van der Waals surface area contributed by atoms with E-state index in [4.69, 9.17) is 0 Å². The molecule has 28 heavy (non-hydrogen) atoms. The minimum atomic E-state index is -0.560. The monoisotopic (exact) mass is 383 g/mol. The van der Waals surface area contributed by atoms with E-state index in [-0.39, 0.29) is 18.0 Å². The van der Waals surface area contributed by atoms with Crippen molar-refractivity contribution in [3.05, 3.63) is 71.5 Å². The van der Waals surface area contributed by atoms with Gasteiger partial charge in [-0.05, 0) is 30.5 Å². The molecule has 1 saturated heterocycles. The number of nitrogens with zero attached hydrogens (tertiary/aromatic N) is 2. The van der Waals surface area contributed by atoms with Gasteiger partial charge in [-0.1, -0.05) is 42.5 Å². The number of aryl methyl sites for hydroxylation is 1. The number of piperazine rings is 1. The number of nitrogens with one attached hydrogen (secondary N) is 1. The predicted molar refractivity (Wildman–Crippen MR) is 107 cm³/mol. The van der Waals surface area contributed by atoms with Crippen molar-refractivity contribution < 1.29 is 14.0 Å². The molecule has 0 unspecified atom stereocenters. The summed E-state index contributed by atoms with van der Waals surface area (Å²) < 4.78 is 14.1. The van der Waals surface area contributed by atoms with Crippen molar-refractivity contribution in [2.24, 2.45) is 0 Å². The first-order valence-electron chi connectivity index (χ1n) is 9.71. The highest BCUT2D eigenvalue weighted by Crippen LogP contribution is 2.12. The molecule has 2 aromatic rings. The number of halogens is 1. The molecule has 1 N–H and O–H groups in total. The average Bonchev–Trinajstić information content (AvgIpc) is 2.74. The summed E-state index contributed by atoms with van der Waals surface area (Å²) in [6.07, 6.45) is 1.50. The smallest absolute Gasteiger partial charge is 0.257 e. The van der Waals surface area contributed by atoms with Crippen LogP contribution in [0.15, 0.2) is 54.6 Å². The zero-order valence-electron chi connectivity index (χ0n) is 15.9. The van der Waals surface area contributed by atoms with E-state index in [0.717, 1.165) is 19.5 Å². The Balaban J connectivity index is 1.68. The first kappa shape index (κ1) is 20.0. The van der Waals surface area contributed by atoms with Gasteiger partial charge >= 0.3 is 0 Å². The summed E-state index contributed by atoms with van der Waals surface area (Å²) in [7, 11) is 0. The molecule has 1 aliphatic rings. The molecule has 3 rings (SSSR count). The minimum absolute atomic E-state index is 0.00956. The Hall–Kier alpha value is -2.73. The average molecular weight is 383 g/mol. The van der Waals surface area contributed by atoms with Crippen LogP contribution in [0.25, 0.3) is 0 Å². The third-order valence-electron chi connectivity index (χ3n) is 4.92. The molecule has 0 atom stereocenters. The number of carbonyl (C=O) groups is 2. The Bertz CT molecular complexity index is 791. The second kappa shape index (κ2) is 9.99. The fourth-order valence-corrected chi connectivity index (χ4v) is 3.35. The fourth-order valence-electron chi connectivity index (χ4n) is 3.35. The zero-order valence-corrected chi connectivity index (χ0v) is 15.9. The van der Waals surface area contributed by atoms with Crippen LogP contribution in [0.2, 0.25) is 0 Å². The lowest BCUT2D eigenvalue weighted by Gasteiger charge is -2.30. The SMILES string of the molecule is O=C(CN(CCCc1ccccc1)C(=O)c1ccccc1F)N1CCNCC1. The first-order chi connectivity index (χ1) is 13.6. The Morgan fingerprint density at radius 1 is 1.00 bits per heavy atom. The van der Waals surface area contributed by atoms with Crippen LogP contribution in [0, 0.1) is 5.82 Å². The van der Waals surface area contributed by atoms with Crippen LogP contribution in [0.1, 0.15) is 22.3 Å². The maximum absolute atomic E-state index is 14.1. The second-order valence-corrected chi connectivity index (χ2v) is 6.93. The second-order valence-electron chi connectivity index (χ2n) is 6.93. The Morgan fingerprint density at radius 3 is 2.39 bits per heavy atom. The molecule has 2 aromatic carbocycles. The van der Waals surface area contributed by atoms with Crippen LogP contribution in [-0.2, 0) is 11.2 Å². The molecule has 2 amide bonds. The molecule has 5 nitrogen and oxygen atoms in total. The summed E-state index contributed by atoms with van der Waals surface area (Å²) in [5, 5.41) is 3.21. The third-order valence-corrected chi connectivity index (χ3v) is 4.92. The summed E-state index contributed by atoms with van der Waals surface area (Å²) in [5.74, 6) is -1.09. The normalized spacial score (nSPS) is 14.0. The van der Waals surface area contributed by atoms with Gasteiger partial charge in [0.25, 0.3) is 5.91 Å². The fraction of sp³-hybridized carbons (Fsp3) is 0.364. The van der Waals surface area contributed by atoms with E-state index in [1.165, 1.54) is 22.6 Å². The number of amides is 2. The van der Waals surface area contributed by atoms with Gasteiger partial charge in [-0.2, -0.15) is 0 Å². The molecular formula is C22H26FN3O2. The first-order valence-corrected chi connectivity index (χ1v) is 9.71. The predicted octanol–water partition coefficient (Wildman–Crippen LogP) is 2.33. The molecule has 1 fully saturated rings. The lowest BCUT2D eigenvalue weighted by molar-refractivity contribution is -0.132. The molecule has 0 aromatic heterocycles. The van der Waals surface area contributed by atoms with Gasteiger partial charge in [0.05, 0.1) is 5.56 Å². The van der Waals surface area contributed by atoms with E-state index in [1.54, 1.807) is 17.0 Å². The van der Waals surface area contributed by atoms with Gasteiger partial charge in [0, 0.05) is 32.7 Å². The van der Waals surface area contributed by atoms with Gasteiger partial charge in [0.2, 0.25) is 5.91 Å². The van der Waals surface area contributed by atoms with Gasteiger partial charge in [-0.15, -0.1) is 0 Å². The van der Waals surface area contributed by atoms with E-state index in [9.17, 15) is 14.0 Å². The molecule has 0 bridgehead atoms. The molecule has 6 heteroatoms. The molecule has 0 radical (unpaired) electrons. The molecule has 0 spiro atoms. The van der Waals surface area contributed by atoms with E-state index in [0.29, 0.717) is 26.1 Å².